The molecular formula is C21H23N5O2S. The van der Waals surface area contributed by atoms with E-state index in [0.717, 1.165) is 34.9 Å². The number of aromatic nitrogens is 4. The summed E-state index contributed by atoms with van der Waals surface area (Å²) in [7, 11) is 1.59. The van der Waals surface area contributed by atoms with Crippen LogP contribution >= 0.6 is 11.8 Å². The molecule has 2 heterocycles. The van der Waals surface area contributed by atoms with Crippen molar-refractivity contribution in [1.29, 1.82) is 0 Å². The largest absolute Gasteiger partial charge is 0.495 e. The van der Waals surface area contributed by atoms with E-state index < -0.39 is 0 Å². The smallest absolute Gasteiger partial charge is 0.237 e. The zero-order valence-corrected chi connectivity index (χ0v) is 17.4. The zero-order chi connectivity index (χ0) is 20.4. The molecule has 8 heteroatoms. The molecule has 7 nitrogen and oxygen atoms in total. The Bertz CT molecular complexity index is 1020. The first kappa shape index (κ1) is 19.4. The van der Waals surface area contributed by atoms with Gasteiger partial charge in [0.2, 0.25) is 5.91 Å². The third-order valence-electron chi connectivity index (χ3n) is 4.78. The molecule has 2 aromatic heterocycles. The van der Waals surface area contributed by atoms with Gasteiger partial charge in [-0.1, -0.05) is 17.8 Å². The first-order chi connectivity index (χ1) is 14.1. The number of carbonyl (C=O) groups excluding carboxylic acids is 1. The Morgan fingerprint density at radius 1 is 1.24 bits per heavy atom. The summed E-state index contributed by atoms with van der Waals surface area (Å²) in [6.07, 6.45) is 5.70. The molecule has 0 bridgehead atoms. The topological polar surface area (TPSA) is 81.9 Å². The van der Waals surface area contributed by atoms with Crippen molar-refractivity contribution in [2.45, 2.75) is 43.1 Å². The zero-order valence-electron chi connectivity index (χ0n) is 16.6. The van der Waals surface area contributed by atoms with Crippen molar-refractivity contribution in [2.24, 2.45) is 0 Å². The molecule has 0 aliphatic heterocycles. The number of pyridine rings is 1. The normalized spacial score (nSPS) is 14.4. The molecule has 4 rings (SSSR count). The standard InChI is InChI=1S/C21H23N5O2S/c1-13-4-7-18(28-3)17(12-13)23-20(27)14(2)29-21-25-24-19(26(21)16-5-6-16)15-8-10-22-11-9-15/h4,7-12,14,16H,5-6H2,1-3H3,(H,23,27)/t14-/m0/s1. The van der Waals surface area contributed by atoms with Gasteiger partial charge in [-0.05, 0) is 56.5 Å². The molecule has 1 amide bonds. The van der Waals surface area contributed by atoms with Crippen LogP contribution in [-0.2, 0) is 4.79 Å². The highest BCUT2D eigenvalue weighted by molar-refractivity contribution is 8.00. The second-order valence-electron chi connectivity index (χ2n) is 7.10. The summed E-state index contributed by atoms with van der Waals surface area (Å²) in [5.74, 6) is 1.36. The van der Waals surface area contributed by atoms with E-state index in [1.807, 2.05) is 44.2 Å². The predicted molar refractivity (Wildman–Crippen MR) is 113 cm³/mol. The quantitative estimate of drug-likeness (QED) is 0.592. The highest BCUT2D eigenvalue weighted by atomic mass is 32.2. The molecule has 29 heavy (non-hydrogen) atoms. The first-order valence-corrected chi connectivity index (χ1v) is 10.4. The Hall–Kier alpha value is -2.87. The molecule has 1 aliphatic carbocycles. The van der Waals surface area contributed by atoms with Crippen LogP contribution in [-0.4, -0.2) is 38.0 Å². The summed E-state index contributed by atoms with van der Waals surface area (Å²) in [4.78, 5) is 16.9. The number of ether oxygens (including phenoxy) is 1. The Balaban J connectivity index is 1.53. The minimum absolute atomic E-state index is 0.102. The number of hydrogen-bond acceptors (Lipinski definition) is 6. The Morgan fingerprint density at radius 3 is 2.69 bits per heavy atom. The van der Waals surface area contributed by atoms with Crippen molar-refractivity contribution in [2.75, 3.05) is 12.4 Å². The van der Waals surface area contributed by atoms with E-state index in [0.29, 0.717) is 17.5 Å². The van der Waals surface area contributed by atoms with Gasteiger partial charge in [0.05, 0.1) is 18.0 Å². The fourth-order valence-electron chi connectivity index (χ4n) is 3.08. The van der Waals surface area contributed by atoms with Gasteiger partial charge in [0.25, 0.3) is 0 Å². The molecule has 150 valence electrons. The molecule has 1 atom stereocenters. The van der Waals surface area contributed by atoms with Crippen LogP contribution in [0.4, 0.5) is 5.69 Å². The van der Waals surface area contributed by atoms with Gasteiger partial charge < -0.3 is 10.1 Å². The van der Waals surface area contributed by atoms with Crippen LogP contribution < -0.4 is 10.1 Å². The number of thioether (sulfide) groups is 1. The number of anilines is 1. The van der Waals surface area contributed by atoms with Crippen molar-refractivity contribution in [3.63, 3.8) is 0 Å². The maximum Gasteiger partial charge on any atom is 0.237 e. The molecule has 1 saturated carbocycles. The van der Waals surface area contributed by atoms with Crippen LogP contribution in [0.1, 0.15) is 31.4 Å². The average Bonchev–Trinajstić information content (AvgIpc) is 3.48. The summed E-state index contributed by atoms with van der Waals surface area (Å²) < 4.78 is 7.51. The molecule has 1 N–H and O–H groups in total. The summed E-state index contributed by atoms with van der Waals surface area (Å²) in [5.41, 5.74) is 2.70. The molecular weight excluding hydrogens is 386 g/mol. The van der Waals surface area contributed by atoms with E-state index >= 15 is 0 Å². The van der Waals surface area contributed by atoms with Crippen molar-refractivity contribution < 1.29 is 9.53 Å². The number of hydrogen-bond donors (Lipinski definition) is 1. The van der Waals surface area contributed by atoms with Gasteiger partial charge in [0, 0.05) is 24.0 Å². The van der Waals surface area contributed by atoms with E-state index in [1.54, 1.807) is 19.5 Å². The van der Waals surface area contributed by atoms with Gasteiger partial charge in [-0.25, -0.2) is 0 Å². The molecule has 3 aromatic rings. The fourth-order valence-corrected chi connectivity index (χ4v) is 4.00. The summed E-state index contributed by atoms with van der Waals surface area (Å²) in [6.45, 7) is 3.85. The van der Waals surface area contributed by atoms with E-state index in [1.165, 1.54) is 11.8 Å². The lowest BCUT2D eigenvalue weighted by molar-refractivity contribution is -0.115. The number of rotatable bonds is 7. The lowest BCUT2D eigenvalue weighted by Crippen LogP contribution is -2.23. The Kier molecular flexibility index (Phi) is 5.53. The summed E-state index contributed by atoms with van der Waals surface area (Å²) in [6, 6.07) is 9.96. The minimum atomic E-state index is -0.341. The van der Waals surface area contributed by atoms with E-state index in [-0.39, 0.29) is 11.2 Å². The third-order valence-corrected chi connectivity index (χ3v) is 5.84. The number of nitrogens with one attached hydrogen (secondary N) is 1. The lowest BCUT2D eigenvalue weighted by atomic mass is 10.2. The Labute approximate surface area is 173 Å². The van der Waals surface area contributed by atoms with Gasteiger partial charge in [-0.3, -0.25) is 14.3 Å². The SMILES string of the molecule is COc1ccc(C)cc1NC(=O)[C@H](C)Sc1nnc(-c2ccncc2)n1C1CC1. The molecule has 0 spiro atoms. The number of nitrogens with zero attached hydrogens (tertiary/aromatic N) is 4. The van der Waals surface area contributed by atoms with Gasteiger partial charge >= 0.3 is 0 Å². The highest BCUT2D eigenvalue weighted by Crippen LogP contribution is 2.41. The lowest BCUT2D eigenvalue weighted by Gasteiger charge is -2.15. The highest BCUT2D eigenvalue weighted by Gasteiger charge is 2.31. The fraction of sp³-hybridized carbons (Fsp3) is 0.333. The van der Waals surface area contributed by atoms with Crippen LogP contribution in [0.25, 0.3) is 11.4 Å². The Morgan fingerprint density at radius 2 is 2.00 bits per heavy atom. The van der Waals surface area contributed by atoms with Crippen LogP contribution in [0, 0.1) is 6.92 Å². The van der Waals surface area contributed by atoms with E-state index in [4.69, 9.17) is 4.74 Å². The second kappa shape index (κ2) is 8.24. The maximum atomic E-state index is 12.8. The second-order valence-corrected chi connectivity index (χ2v) is 8.40. The summed E-state index contributed by atoms with van der Waals surface area (Å²) in [5, 5.41) is 12.2. The molecule has 0 unspecified atom stereocenters. The van der Waals surface area contributed by atoms with Crippen molar-refractivity contribution >= 4 is 23.4 Å². The molecule has 1 aromatic carbocycles. The average molecular weight is 410 g/mol. The van der Waals surface area contributed by atoms with Crippen molar-refractivity contribution in [3.05, 3.63) is 48.3 Å². The van der Waals surface area contributed by atoms with E-state index in [2.05, 4.69) is 25.1 Å². The maximum absolute atomic E-state index is 12.8. The number of aryl methyl sites for hydroxylation is 1. The monoisotopic (exact) mass is 409 g/mol. The molecule has 1 aliphatic rings. The van der Waals surface area contributed by atoms with Crippen LogP contribution in [0.2, 0.25) is 0 Å². The first-order valence-electron chi connectivity index (χ1n) is 9.54. The number of amides is 1. The van der Waals surface area contributed by atoms with Crippen molar-refractivity contribution in [3.8, 4) is 17.1 Å². The van der Waals surface area contributed by atoms with Crippen LogP contribution in [0.5, 0.6) is 5.75 Å². The number of benzene rings is 1. The third kappa shape index (κ3) is 4.27. The number of methoxy groups -OCH3 is 1. The molecule has 0 saturated heterocycles. The van der Waals surface area contributed by atoms with Gasteiger partial charge in [0.1, 0.15) is 5.75 Å². The van der Waals surface area contributed by atoms with Crippen LogP contribution in [0.3, 0.4) is 0 Å². The van der Waals surface area contributed by atoms with Gasteiger partial charge in [-0.15, -0.1) is 10.2 Å². The van der Waals surface area contributed by atoms with Crippen molar-refractivity contribution in [1.82, 2.24) is 19.7 Å². The van der Waals surface area contributed by atoms with E-state index in [9.17, 15) is 4.79 Å². The van der Waals surface area contributed by atoms with Gasteiger partial charge in [0.15, 0.2) is 11.0 Å². The predicted octanol–water partition coefficient (Wildman–Crippen LogP) is 4.11. The van der Waals surface area contributed by atoms with Crippen LogP contribution in [0.15, 0.2) is 47.9 Å². The molecule has 1 fully saturated rings. The van der Waals surface area contributed by atoms with Gasteiger partial charge in [-0.2, -0.15) is 0 Å². The summed E-state index contributed by atoms with van der Waals surface area (Å²) >= 11 is 1.42. The molecule has 0 radical (unpaired) electrons. The number of carbonyl (C=O) groups is 1. The minimum Gasteiger partial charge on any atom is -0.495 e.